The zero-order valence-corrected chi connectivity index (χ0v) is 21.6. The van der Waals surface area contributed by atoms with Crippen LogP contribution in [0.1, 0.15) is 25.0 Å². The highest BCUT2D eigenvalue weighted by atomic mass is 32.2. The van der Waals surface area contributed by atoms with E-state index in [9.17, 15) is 21.6 Å². The van der Waals surface area contributed by atoms with Gasteiger partial charge in [0.2, 0.25) is 26.0 Å². The van der Waals surface area contributed by atoms with Gasteiger partial charge in [-0.25, -0.2) is 16.8 Å². The van der Waals surface area contributed by atoms with Crippen molar-refractivity contribution in [3.8, 4) is 5.75 Å². The summed E-state index contributed by atoms with van der Waals surface area (Å²) in [5.74, 6) is 0.0854. The number of carbonyl (C=O) groups excluding carboxylic acids is 1. The van der Waals surface area contributed by atoms with E-state index >= 15 is 0 Å². The molecule has 1 saturated heterocycles. The summed E-state index contributed by atoms with van der Waals surface area (Å²) in [6, 6.07) is 9.70. The number of nitrogens with zero attached hydrogens (tertiary/aromatic N) is 1. The number of benzene rings is 2. The van der Waals surface area contributed by atoms with E-state index < -0.39 is 32.0 Å². The topological polar surface area (TPSA) is 131 Å². The molecule has 1 fully saturated rings. The summed E-state index contributed by atoms with van der Waals surface area (Å²) < 4.78 is 65.2. The number of aryl methyl sites for hydroxylation is 1. The molecule has 192 valence electrons. The number of carbonyl (C=O) groups is 1. The average molecular weight is 526 g/mol. The monoisotopic (exact) mass is 525 g/mol. The number of hydrogen-bond acceptors (Lipinski definition) is 7. The second kappa shape index (κ2) is 11.5. The number of morpholine rings is 1. The van der Waals surface area contributed by atoms with E-state index in [1.165, 1.54) is 35.5 Å². The second-order valence-corrected chi connectivity index (χ2v) is 11.7. The summed E-state index contributed by atoms with van der Waals surface area (Å²) in [6.07, 6.45) is 0. The highest BCUT2D eigenvalue weighted by molar-refractivity contribution is 7.89. The van der Waals surface area contributed by atoms with Gasteiger partial charge in [-0.2, -0.15) is 9.03 Å². The van der Waals surface area contributed by atoms with E-state index in [0.29, 0.717) is 49.8 Å². The molecule has 0 radical (unpaired) electrons. The van der Waals surface area contributed by atoms with Gasteiger partial charge in [-0.1, -0.05) is 12.1 Å². The van der Waals surface area contributed by atoms with E-state index in [0.717, 1.165) is 0 Å². The van der Waals surface area contributed by atoms with Crippen LogP contribution in [-0.4, -0.2) is 66.0 Å². The lowest BCUT2D eigenvalue weighted by atomic mass is 10.2. The summed E-state index contributed by atoms with van der Waals surface area (Å²) in [5, 5.41) is 2.67. The Morgan fingerprint density at radius 2 is 1.69 bits per heavy atom. The van der Waals surface area contributed by atoms with E-state index in [-0.39, 0.29) is 16.3 Å². The molecule has 2 N–H and O–H groups in total. The first kappa shape index (κ1) is 27.1. The van der Waals surface area contributed by atoms with Crippen LogP contribution in [0.2, 0.25) is 0 Å². The van der Waals surface area contributed by atoms with Gasteiger partial charge in [0.25, 0.3) is 0 Å². The summed E-state index contributed by atoms with van der Waals surface area (Å²) >= 11 is 0. The van der Waals surface area contributed by atoms with Crippen LogP contribution in [0.15, 0.2) is 52.3 Å². The molecule has 1 aliphatic rings. The Morgan fingerprint density at radius 1 is 1.06 bits per heavy atom. The van der Waals surface area contributed by atoms with Crippen molar-refractivity contribution in [2.24, 2.45) is 0 Å². The summed E-state index contributed by atoms with van der Waals surface area (Å²) in [5.41, 5.74) is 1.35. The van der Waals surface area contributed by atoms with E-state index in [4.69, 9.17) is 9.47 Å². The summed E-state index contributed by atoms with van der Waals surface area (Å²) in [6.45, 7) is 6.97. The number of ether oxygens (including phenoxy) is 2. The SMILES string of the molecule is CCOc1ccc(S(=O)(=O)N[C@@H](C)C(=O)NCc2ccc(S(=O)(=O)N3CCOCC3)cc2)cc1C. The van der Waals surface area contributed by atoms with Gasteiger partial charge in [0.05, 0.1) is 35.7 Å². The van der Waals surface area contributed by atoms with Crippen molar-refractivity contribution in [3.63, 3.8) is 0 Å². The molecule has 0 saturated carbocycles. The first-order chi connectivity index (χ1) is 16.5. The minimum absolute atomic E-state index is 0.0372. The molecule has 2 aromatic rings. The van der Waals surface area contributed by atoms with Crippen molar-refractivity contribution in [2.75, 3.05) is 32.9 Å². The Hall–Kier alpha value is -2.51. The first-order valence-electron chi connectivity index (χ1n) is 11.2. The minimum Gasteiger partial charge on any atom is -0.494 e. The molecule has 0 aliphatic carbocycles. The molecule has 0 bridgehead atoms. The fraction of sp³-hybridized carbons (Fsp3) is 0.435. The van der Waals surface area contributed by atoms with Crippen LogP contribution in [0.25, 0.3) is 0 Å². The molecule has 2 aromatic carbocycles. The number of sulfonamides is 2. The second-order valence-electron chi connectivity index (χ2n) is 8.08. The van der Waals surface area contributed by atoms with Crippen LogP contribution in [0.4, 0.5) is 0 Å². The van der Waals surface area contributed by atoms with Gasteiger partial charge in [-0.05, 0) is 62.2 Å². The largest absolute Gasteiger partial charge is 0.494 e. The lowest BCUT2D eigenvalue weighted by molar-refractivity contribution is -0.122. The minimum atomic E-state index is -3.92. The van der Waals surface area contributed by atoms with E-state index in [2.05, 4.69) is 10.0 Å². The average Bonchev–Trinajstić information content (AvgIpc) is 2.84. The maximum atomic E-state index is 12.7. The van der Waals surface area contributed by atoms with E-state index in [1.807, 2.05) is 6.92 Å². The van der Waals surface area contributed by atoms with Gasteiger partial charge >= 0.3 is 0 Å². The number of nitrogens with one attached hydrogen (secondary N) is 2. The Kier molecular flexibility index (Phi) is 8.89. The van der Waals surface area contributed by atoms with E-state index in [1.54, 1.807) is 25.1 Å². The fourth-order valence-electron chi connectivity index (χ4n) is 3.52. The third-order valence-corrected chi connectivity index (χ3v) is 8.93. The smallest absolute Gasteiger partial charge is 0.243 e. The molecule has 0 spiro atoms. The van der Waals surface area contributed by atoms with Crippen molar-refractivity contribution in [1.82, 2.24) is 14.3 Å². The molecule has 12 heteroatoms. The summed E-state index contributed by atoms with van der Waals surface area (Å²) in [4.78, 5) is 12.7. The van der Waals surface area contributed by atoms with Gasteiger partial charge in [-0.3, -0.25) is 4.79 Å². The van der Waals surface area contributed by atoms with Crippen molar-refractivity contribution in [3.05, 3.63) is 53.6 Å². The number of hydrogen-bond donors (Lipinski definition) is 2. The molecule has 1 heterocycles. The summed E-state index contributed by atoms with van der Waals surface area (Å²) in [7, 11) is -7.52. The normalized spacial score (nSPS) is 16.0. The molecule has 0 aromatic heterocycles. The van der Waals surface area contributed by atoms with Gasteiger partial charge in [0.1, 0.15) is 5.75 Å². The highest BCUT2D eigenvalue weighted by Crippen LogP contribution is 2.22. The van der Waals surface area contributed by atoms with Crippen LogP contribution >= 0.6 is 0 Å². The molecular weight excluding hydrogens is 494 g/mol. The Labute approximate surface area is 206 Å². The molecule has 1 aliphatic heterocycles. The third kappa shape index (κ3) is 6.79. The molecular formula is C23H31N3O7S2. The Balaban J connectivity index is 1.57. The quantitative estimate of drug-likeness (QED) is 0.479. The van der Waals surface area contributed by atoms with Crippen molar-refractivity contribution < 1.29 is 31.1 Å². The standard InChI is InChI=1S/C23H31N3O7S2/c1-4-33-22-10-9-21(15-17(22)2)34(28,29)25-18(3)23(27)24-16-19-5-7-20(8-6-19)35(30,31)26-11-13-32-14-12-26/h5-10,15,18,25H,4,11-14,16H2,1-3H3,(H,24,27)/t18-/m0/s1. The molecule has 3 rings (SSSR count). The maximum absolute atomic E-state index is 12.7. The van der Waals surface area contributed by atoms with Crippen LogP contribution in [0, 0.1) is 6.92 Å². The third-order valence-electron chi connectivity index (χ3n) is 5.48. The molecule has 10 nitrogen and oxygen atoms in total. The van der Waals surface area contributed by atoms with Crippen LogP contribution in [0.3, 0.4) is 0 Å². The lowest BCUT2D eigenvalue weighted by Gasteiger charge is -2.26. The van der Waals surface area contributed by atoms with Crippen LogP contribution < -0.4 is 14.8 Å². The molecule has 1 amide bonds. The highest BCUT2D eigenvalue weighted by Gasteiger charge is 2.26. The maximum Gasteiger partial charge on any atom is 0.243 e. The predicted octanol–water partition coefficient (Wildman–Crippen LogP) is 1.40. The van der Waals surface area contributed by atoms with Gasteiger partial charge < -0.3 is 14.8 Å². The zero-order valence-electron chi connectivity index (χ0n) is 20.0. The Morgan fingerprint density at radius 3 is 2.29 bits per heavy atom. The fourth-order valence-corrected chi connectivity index (χ4v) is 6.21. The van der Waals surface area contributed by atoms with Gasteiger partial charge in [0.15, 0.2) is 0 Å². The molecule has 35 heavy (non-hydrogen) atoms. The number of amides is 1. The molecule has 0 unspecified atom stereocenters. The van der Waals surface area contributed by atoms with Gasteiger partial charge in [-0.15, -0.1) is 0 Å². The predicted molar refractivity (Wildman–Crippen MR) is 130 cm³/mol. The zero-order chi connectivity index (χ0) is 25.6. The lowest BCUT2D eigenvalue weighted by Crippen LogP contribution is -2.44. The van der Waals surface area contributed by atoms with Crippen molar-refractivity contribution in [2.45, 2.75) is 43.1 Å². The first-order valence-corrected chi connectivity index (χ1v) is 14.2. The van der Waals surface area contributed by atoms with Crippen molar-refractivity contribution in [1.29, 1.82) is 0 Å². The van der Waals surface area contributed by atoms with Gasteiger partial charge in [0, 0.05) is 19.6 Å². The number of rotatable bonds is 10. The van der Waals surface area contributed by atoms with Crippen LogP contribution in [0.5, 0.6) is 5.75 Å². The van der Waals surface area contributed by atoms with Crippen LogP contribution in [-0.2, 0) is 36.1 Å². The molecule has 1 atom stereocenters. The van der Waals surface area contributed by atoms with Crippen molar-refractivity contribution >= 4 is 26.0 Å². The Bertz CT molecular complexity index is 1240.